The third-order valence-electron chi connectivity index (χ3n) is 4.84. The van der Waals surface area contributed by atoms with Crippen molar-refractivity contribution in [3.05, 3.63) is 71.0 Å². The topological polar surface area (TPSA) is 56.7 Å². The smallest absolute Gasteiger partial charge is 0.244 e. The van der Waals surface area contributed by atoms with E-state index in [0.717, 1.165) is 13.0 Å². The molecule has 156 valence electrons. The van der Waals surface area contributed by atoms with Gasteiger partial charge in [0.15, 0.2) is 5.96 Å². The third-order valence-corrected chi connectivity index (χ3v) is 4.84. The normalized spacial score (nSPS) is 13.3. The van der Waals surface area contributed by atoms with Crippen molar-refractivity contribution in [3.8, 4) is 0 Å². The molecule has 0 fully saturated rings. The minimum atomic E-state index is -0.202. The number of rotatable bonds is 6. The van der Waals surface area contributed by atoms with Crippen LogP contribution in [0.3, 0.4) is 0 Å². The lowest BCUT2D eigenvalue weighted by Crippen LogP contribution is -2.41. The first-order chi connectivity index (χ1) is 13.7. The summed E-state index contributed by atoms with van der Waals surface area (Å²) in [5.41, 5.74) is 3.19. The number of hydrogen-bond donors (Lipinski definition) is 2. The number of amides is 1. The van der Waals surface area contributed by atoms with Crippen molar-refractivity contribution in [1.29, 1.82) is 0 Å². The lowest BCUT2D eigenvalue weighted by Gasteiger charge is -2.28. The van der Waals surface area contributed by atoms with Crippen LogP contribution in [0.1, 0.15) is 23.6 Å². The Labute approximate surface area is 188 Å². The highest BCUT2D eigenvalue weighted by Crippen LogP contribution is 2.18. The van der Waals surface area contributed by atoms with Gasteiger partial charge in [0.05, 0.1) is 0 Å². The van der Waals surface area contributed by atoms with Gasteiger partial charge in [-0.15, -0.1) is 24.0 Å². The SMILES string of the molecule is CCNC(=NCC(=O)N1CCc2ccccc2C1)NCCc1ccccc1F.I. The maximum absolute atomic E-state index is 13.7. The highest BCUT2D eigenvalue weighted by molar-refractivity contribution is 14.0. The summed E-state index contributed by atoms with van der Waals surface area (Å²) in [6.07, 6.45) is 1.43. The molecule has 0 saturated heterocycles. The van der Waals surface area contributed by atoms with E-state index in [1.165, 1.54) is 17.2 Å². The third kappa shape index (κ3) is 6.69. The number of aliphatic imine (C=N–C) groups is 1. The van der Waals surface area contributed by atoms with E-state index in [9.17, 15) is 9.18 Å². The van der Waals surface area contributed by atoms with Gasteiger partial charge in [-0.25, -0.2) is 9.38 Å². The zero-order valence-electron chi connectivity index (χ0n) is 16.7. The molecule has 1 heterocycles. The van der Waals surface area contributed by atoms with Crippen molar-refractivity contribution in [2.24, 2.45) is 4.99 Å². The van der Waals surface area contributed by atoms with Crippen molar-refractivity contribution < 1.29 is 9.18 Å². The summed E-state index contributed by atoms with van der Waals surface area (Å²) in [6, 6.07) is 15.0. The van der Waals surface area contributed by atoms with Crippen molar-refractivity contribution in [2.45, 2.75) is 26.3 Å². The molecule has 5 nitrogen and oxygen atoms in total. The molecule has 0 aliphatic carbocycles. The lowest BCUT2D eigenvalue weighted by atomic mass is 10.00. The van der Waals surface area contributed by atoms with Crippen molar-refractivity contribution >= 4 is 35.8 Å². The molecule has 1 aliphatic heterocycles. The van der Waals surface area contributed by atoms with Crippen LogP contribution in [0.25, 0.3) is 0 Å². The largest absolute Gasteiger partial charge is 0.357 e. The van der Waals surface area contributed by atoms with Crippen LogP contribution in [-0.2, 0) is 24.2 Å². The highest BCUT2D eigenvalue weighted by atomic mass is 127. The fourth-order valence-electron chi connectivity index (χ4n) is 3.31. The van der Waals surface area contributed by atoms with Gasteiger partial charge >= 0.3 is 0 Å². The molecule has 0 radical (unpaired) electrons. The van der Waals surface area contributed by atoms with Crippen LogP contribution in [0.5, 0.6) is 0 Å². The second-order valence-electron chi connectivity index (χ2n) is 6.80. The van der Waals surface area contributed by atoms with E-state index in [0.29, 0.717) is 37.6 Å². The summed E-state index contributed by atoms with van der Waals surface area (Å²) in [4.78, 5) is 18.8. The first-order valence-electron chi connectivity index (χ1n) is 9.77. The van der Waals surface area contributed by atoms with Crippen molar-refractivity contribution in [3.63, 3.8) is 0 Å². The van der Waals surface area contributed by atoms with Crippen LogP contribution in [0.4, 0.5) is 4.39 Å². The lowest BCUT2D eigenvalue weighted by molar-refractivity contribution is -0.130. The zero-order chi connectivity index (χ0) is 19.8. The maximum atomic E-state index is 13.7. The van der Waals surface area contributed by atoms with Crippen LogP contribution in [0.2, 0.25) is 0 Å². The molecule has 2 aromatic rings. The molecular weight excluding hydrogens is 482 g/mol. The Morgan fingerprint density at radius 3 is 2.59 bits per heavy atom. The van der Waals surface area contributed by atoms with Gasteiger partial charge in [0.2, 0.25) is 5.91 Å². The average Bonchev–Trinajstić information content (AvgIpc) is 2.72. The zero-order valence-corrected chi connectivity index (χ0v) is 19.0. The first kappa shape index (κ1) is 23.1. The monoisotopic (exact) mass is 510 g/mol. The Kier molecular flexibility index (Phi) is 9.37. The predicted molar refractivity (Wildman–Crippen MR) is 125 cm³/mol. The van der Waals surface area contributed by atoms with E-state index in [4.69, 9.17) is 0 Å². The number of benzene rings is 2. The van der Waals surface area contributed by atoms with Gasteiger partial charge in [0, 0.05) is 26.2 Å². The quantitative estimate of drug-likeness (QED) is 0.357. The molecule has 2 N–H and O–H groups in total. The molecule has 0 unspecified atom stereocenters. The molecule has 7 heteroatoms. The van der Waals surface area contributed by atoms with Crippen LogP contribution >= 0.6 is 24.0 Å². The van der Waals surface area contributed by atoms with Crippen molar-refractivity contribution in [2.75, 3.05) is 26.2 Å². The predicted octanol–water partition coefficient (Wildman–Crippen LogP) is 3.13. The number of fused-ring (bicyclic) bond motifs is 1. The summed E-state index contributed by atoms with van der Waals surface area (Å²) < 4.78 is 13.7. The van der Waals surface area contributed by atoms with Gasteiger partial charge in [-0.3, -0.25) is 4.79 Å². The number of halogens is 2. The number of carbonyl (C=O) groups is 1. The molecule has 0 spiro atoms. The number of carbonyl (C=O) groups excluding carboxylic acids is 1. The minimum absolute atomic E-state index is 0. The molecule has 1 aliphatic rings. The fraction of sp³-hybridized carbons (Fsp3) is 0.364. The molecule has 1 amide bonds. The summed E-state index contributed by atoms with van der Waals surface area (Å²) in [6.45, 7) is 4.66. The number of guanidine groups is 1. The van der Waals surface area contributed by atoms with Crippen LogP contribution in [0.15, 0.2) is 53.5 Å². The summed E-state index contributed by atoms with van der Waals surface area (Å²) >= 11 is 0. The highest BCUT2D eigenvalue weighted by Gasteiger charge is 2.19. The van der Waals surface area contributed by atoms with Gasteiger partial charge in [0.1, 0.15) is 12.4 Å². The Morgan fingerprint density at radius 2 is 1.83 bits per heavy atom. The molecule has 0 atom stereocenters. The van der Waals surface area contributed by atoms with E-state index >= 15 is 0 Å². The standard InChI is InChI=1S/C22H27FN4O.HI/c1-2-24-22(25-13-11-18-8-5-6-10-20(18)23)26-15-21(28)27-14-12-17-7-3-4-9-19(17)16-27;/h3-10H,2,11-16H2,1H3,(H2,24,25,26);1H. The van der Waals surface area contributed by atoms with E-state index in [-0.39, 0.29) is 42.2 Å². The van der Waals surface area contributed by atoms with Crippen LogP contribution in [-0.4, -0.2) is 42.9 Å². The number of hydrogen-bond acceptors (Lipinski definition) is 2. The Balaban J connectivity index is 0.00000300. The van der Waals surface area contributed by atoms with Gasteiger partial charge < -0.3 is 15.5 Å². The van der Waals surface area contributed by atoms with Gasteiger partial charge in [0.25, 0.3) is 0 Å². The maximum Gasteiger partial charge on any atom is 0.244 e. The Bertz CT molecular complexity index is 843. The summed E-state index contributed by atoms with van der Waals surface area (Å²) in [7, 11) is 0. The van der Waals surface area contributed by atoms with E-state index in [1.54, 1.807) is 12.1 Å². The average molecular weight is 510 g/mol. The Morgan fingerprint density at radius 1 is 1.10 bits per heavy atom. The van der Waals surface area contributed by atoms with Gasteiger partial charge in [-0.2, -0.15) is 0 Å². The second-order valence-corrected chi connectivity index (χ2v) is 6.80. The summed E-state index contributed by atoms with van der Waals surface area (Å²) in [5.74, 6) is 0.386. The van der Waals surface area contributed by atoms with Crippen LogP contribution < -0.4 is 10.6 Å². The molecule has 0 aromatic heterocycles. The molecule has 29 heavy (non-hydrogen) atoms. The van der Waals surface area contributed by atoms with Gasteiger partial charge in [-0.05, 0) is 42.5 Å². The Hall–Kier alpha value is -2.16. The fourth-order valence-corrected chi connectivity index (χ4v) is 3.31. The van der Waals surface area contributed by atoms with E-state index < -0.39 is 0 Å². The number of nitrogens with one attached hydrogen (secondary N) is 2. The second kappa shape index (κ2) is 11.7. The van der Waals surface area contributed by atoms with Crippen LogP contribution in [0, 0.1) is 5.82 Å². The first-order valence-corrected chi connectivity index (χ1v) is 9.77. The molecule has 3 rings (SSSR count). The number of nitrogens with zero attached hydrogens (tertiary/aromatic N) is 2. The molecule has 0 saturated carbocycles. The molecule has 2 aromatic carbocycles. The molecule has 0 bridgehead atoms. The molecular formula is C22H28FIN4O. The van der Waals surface area contributed by atoms with Gasteiger partial charge in [-0.1, -0.05) is 42.5 Å². The summed E-state index contributed by atoms with van der Waals surface area (Å²) in [5, 5.41) is 6.30. The van der Waals surface area contributed by atoms with E-state index in [2.05, 4.69) is 27.8 Å². The minimum Gasteiger partial charge on any atom is -0.357 e. The van der Waals surface area contributed by atoms with E-state index in [1.807, 2.05) is 30.0 Å². The van der Waals surface area contributed by atoms with Crippen molar-refractivity contribution in [1.82, 2.24) is 15.5 Å².